The van der Waals surface area contributed by atoms with Crippen LogP contribution in [0.25, 0.3) is 22.6 Å². The maximum absolute atomic E-state index is 8.42. The van der Waals surface area contributed by atoms with Gasteiger partial charge in [-0.3, -0.25) is 5.41 Å². The van der Waals surface area contributed by atoms with E-state index in [1.165, 1.54) is 5.57 Å². The monoisotopic (exact) mass is 351 g/mol. The average Bonchev–Trinajstić information content (AvgIpc) is 2.93. The number of benzene rings is 2. The van der Waals surface area contributed by atoms with Crippen molar-refractivity contribution < 1.29 is 0 Å². The van der Waals surface area contributed by atoms with Crippen molar-refractivity contribution in [3.63, 3.8) is 0 Å². The Kier molecular flexibility index (Phi) is 3.19. The molecule has 0 fully saturated rings. The Morgan fingerprint density at radius 1 is 1.09 bits per heavy atom. The molecule has 0 radical (unpaired) electrons. The number of hydrogen-bond donors (Lipinski definition) is 1. The second-order valence-electron chi connectivity index (χ2n) is 5.39. The molecule has 0 atom stereocenters. The zero-order chi connectivity index (χ0) is 15.1. The first-order valence-corrected chi connectivity index (χ1v) is 8.03. The fraction of sp³-hybridized carbons (Fsp3) is 0.111. The molecule has 0 saturated heterocycles. The van der Waals surface area contributed by atoms with Gasteiger partial charge in [-0.1, -0.05) is 46.3 Å². The summed E-state index contributed by atoms with van der Waals surface area (Å²) < 4.78 is 3.08. The third-order valence-electron chi connectivity index (χ3n) is 4.04. The molecule has 0 unspecified atom stereocenters. The SMILES string of the molecule is N=c1c2ccccc2nc2n1CCC2=Cc1ccccc1Br. The molecule has 2 heterocycles. The Morgan fingerprint density at radius 3 is 2.73 bits per heavy atom. The number of para-hydroxylation sites is 1. The summed E-state index contributed by atoms with van der Waals surface area (Å²) in [7, 11) is 0. The number of hydrogen-bond acceptors (Lipinski definition) is 2. The van der Waals surface area contributed by atoms with Gasteiger partial charge >= 0.3 is 0 Å². The molecule has 0 spiro atoms. The van der Waals surface area contributed by atoms with Crippen molar-refractivity contribution in [3.05, 3.63) is 69.9 Å². The molecule has 0 bridgehead atoms. The van der Waals surface area contributed by atoms with Crippen LogP contribution in [0.2, 0.25) is 0 Å². The number of aromatic nitrogens is 2. The number of allylic oxidation sites excluding steroid dienone is 1. The van der Waals surface area contributed by atoms with Crippen molar-refractivity contribution in [2.24, 2.45) is 0 Å². The van der Waals surface area contributed by atoms with E-state index < -0.39 is 0 Å². The zero-order valence-electron chi connectivity index (χ0n) is 11.9. The molecular formula is C18H14BrN3. The molecular weight excluding hydrogens is 338 g/mol. The number of nitrogens with one attached hydrogen (secondary N) is 1. The average molecular weight is 352 g/mol. The normalized spacial score (nSPS) is 15.4. The van der Waals surface area contributed by atoms with Gasteiger partial charge in [-0.2, -0.15) is 0 Å². The van der Waals surface area contributed by atoms with Crippen molar-refractivity contribution in [2.45, 2.75) is 13.0 Å². The van der Waals surface area contributed by atoms with Crippen molar-refractivity contribution >= 4 is 38.5 Å². The quantitative estimate of drug-likeness (QED) is 0.700. The van der Waals surface area contributed by atoms with Gasteiger partial charge in [0.05, 0.1) is 5.52 Å². The van der Waals surface area contributed by atoms with Crippen molar-refractivity contribution in [2.75, 3.05) is 0 Å². The van der Waals surface area contributed by atoms with Crippen LogP contribution in [0.1, 0.15) is 17.8 Å². The maximum Gasteiger partial charge on any atom is 0.138 e. The largest absolute Gasteiger partial charge is 0.310 e. The molecule has 22 heavy (non-hydrogen) atoms. The highest BCUT2D eigenvalue weighted by Crippen LogP contribution is 2.29. The second kappa shape index (κ2) is 5.21. The van der Waals surface area contributed by atoms with Gasteiger partial charge in [0.1, 0.15) is 11.3 Å². The fourth-order valence-corrected chi connectivity index (χ4v) is 3.32. The summed E-state index contributed by atoms with van der Waals surface area (Å²) in [5.74, 6) is 0.916. The van der Waals surface area contributed by atoms with E-state index in [0.29, 0.717) is 5.49 Å². The highest BCUT2D eigenvalue weighted by Gasteiger charge is 2.19. The molecule has 1 aliphatic rings. The molecule has 1 aliphatic heterocycles. The number of nitrogens with zero attached hydrogens (tertiary/aromatic N) is 2. The topological polar surface area (TPSA) is 41.7 Å². The summed E-state index contributed by atoms with van der Waals surface area (Å²) in [5.41, 5.74) is 3.77. The van der Waals surface area contributed by atoms with Crippen LogP contribution in [0.3, 0.4) is 0 Å². The van der Waals surface area contributed by atoms with Crippen LogP contribution in [0, 0.1) is 5.41 Å². The molecule has 2 aromatic carbocycles. The summed E-state index contributed by atoms with van der Waals surface area (Å²) in [4.78, 5) is 4.78. The summed E-state index contributed by atoms with van der Waals surface area (Å²) in [6.45, 7) is 0.822. The van der Waals surface area contributed by atoms with E-state index in [2.05, 4.69) is 28.1 Å². The van der Waals surface area contributed by atoms with Gasteiger partial charge in [-0.25, -0.2) is 4.98 Å². The van der Waals surface area contributed by atoms with E-state index in [0.717, 1.165) is 39.7 Å². The maximum atomic E-state index is 8.42. The first-order valence-electron chi connectivity index (χ1n) is 7.24. The molecule has 3 nitrogen and oxygen atoms in total. The first-order chi connectivity index (χ1) is 10.7. The van der Waals surface area contributed by atoms with Crippen LogP contribution in [0.5, 0.6) is 0 Å². The summed E-state index contributed by atoms with van der Waals surface area (Å²) in [6, 6.07) is 16.0. The van der Waals surface area contributed by atoms with E-state index in [1.54, 1.807) is 0 Å². The van der Waals surface area contributed by atoms with Crippen LogP contribution in [0.4, 0.5) is 0 Å². The highest BCUT2D eigenvalue weighted by atomic mass is 79.9. The Hall–Kier alpha value is -2.20. The van der Waals surface area contributed by atoms with Crippen molar-refractivity contribution in [1.29, 1.82) is 5.41 Å². The van der Waals surface area contributed by atoms with E-state index in [9.17, 15) is 0 Å². The Bertz CT molecular complexity index is 969. The minimum atomic E-state index is 0.552. The lowest BCUT2D eigenvalue weighted by Gasteiger charge is -2.07. The molecule has 3 aromatic rings. The molecule has 4 rings (SSSR count). The Morgan fingerprint density at radius 2 is 1.86 bits per heavy atom. The lowest BCUT2D eigenvalue weighted by Crippen LogP contribution is -2.20. The fourth-order valence-electron chi connectivity index (χ4n) is 2.92. The standard InChI is InChI=1S/C18H14BrN3/c19-15-7-3-1-5-12(15)11-13-9-10-22-17(20)14-6-2-4-8-16(14)21-18(13)22/h1-8,11,20H,9-10H2. The van der Waals surface area contributed by atoms with E-state index >= 15 is 0 Å². The predicted molar refractivity (Wildman–Crippen MR) is 92.2 cm³/mol. The van der Waals surface area contributed by atoms with Crippen LogP contribution < -0.4 is 5.49 Å². The zero-order valence-corrected chi connectivity index (χ0v) is 13.5. The van der Waals surface area contributed by atoms with E-state index in [4.69, 9.17) is 10.4 Å². The Labute approximate surface area is 136 Å². The Balaban J connectivity index is 1.93. The van der Waals surface area contributed by atoms with E-state index in [1.807, 2.05) is 47.0 Å². The van der Waals surface area contributed by atoms with Gasteiger partial charge in [0.25, 0.3) is 0 Å². The summed E-state index contributed by atoms with van der Waals surface area (Å²) >= 11 is 3.59. The van der Waals surface area contributed by atoms with Gasteiger partial charge in [-0.05, 0) is 41.8 Å². The molecule has 108 valence electrons. The minimum Gasteiger partial charge on any atom is -0.310 e. The lowest BCUT2D eigenvalue weighted by molar-refractivity contribution is 0.703. The van der Waals surface area contributed by atoms with E-state index in [-0.39, 0.29) is 0 Å². The number of halogens is 1. The van der Waals surface area contributed by atoms with Crippen molar-refractivity contribution in [3.8, 4) is 0 Å². The first kappa shape index (κ1) is 13.5. The van der Waals surface area contributed by atoms with Crippen LogP contribution in [0.15, 0.2) is 53.0 Å². The van der Waals surface area contributed by atoms with Crippen LogP contribution in [-0.4, -0.2) is 9.55 Å². The summed E-state index contributed by atoms with van der Waals surface area (Å²) in [5, 5.41) is 9.33. The predicted octanol–water partition coefficient (Wildman–Crippen LogP) is 4.22. The van der Waals surface area contributed by atoms with Crippen molar-refractivity contribution in [1.82, 2.24) is 9.55 Å². The molecule has 4 heteroatoms. The lowest BCUT2D eigenvalue weighted by atomic mass is 10.1. The van der Waals surface area contributed by atoms with Gasteiger partial charge in [0.15, 0.2) is 0 Å². The minimum absolute atomic E-state index is 0.552. The second-order valence-corrected chi connectivity index (χ2v) is 6.25. The van der Waals surface area contributed by atoms with Crippen LogP contribution in [-0.2, 0) is 6.54 Å². The van der Waals surface area contributed by atoms with Crippen LogP contribution >= 0.6 is 15.9 Å². The molecule has 1 aromatic heterocycles. The third-order valence-corrected chi connectivity index (χ3v) is 4.76. The number of fused-ring (bicyclic) bond motifs is 2. The third kappa shape index (κ3) is 2.11. The molecule has 0 amide bonds. The highest BCUT2D eigenvalue weighted by molar-refractivity contribution is 9.10. The molecule has 1 N–H and O–H groups in total. The van der Waals surface area contributed by atoms with Gasteiger partial charge in [0, 0.05) is 16.4 Å². The molecule has 0 saturated carbocycles. The van der Waals surface area contributed by atoms with Gasteiger partial charge in [-0.15, -0.1) is 0 Å². The molecule has 0 aliphatic carbocycles. The number of rotatable bonds is 1. The summed E-state index contributed by atoms with van der Waals surface area (Å²) in [6.07, 6.45) is 3.08. The van der Waals surface area contributed by atoms with Gasteiger partial charge in [0.2, 0.25) is 0 Å². The van der Waals surface area contributed by atoms with Gasteiger partial charge < -0.3 is 4.57 Å². The smallest absolute Gasteiger partial charge is 0.138 e.